The molecule has 1 saturated heterocycles. The Morgan fingerprint density at radius 3 is 2.32 bits per heavy atom. The Labute approximate surface area is 202 Å². The smallest absolute Gasteiger partial charge is 0.407 e. The molecule has 2 amide bonds. The lowest BCUT2D eigenvalue weighted by atomic mass is 9.83. The van der Waals surface area contributed by atoms with Crippen molar-refractivity contribution >= 4 is 29.7 Å². The number of fused-ring (bicyclic) bond motifs is 3. The van der Waals surface area contributed by atoms with Crippen molar-refractivity contribution in [1.82, 2.24) is 10.2 Å². The predicted octanol–water partition coefficient (Wildman–Crippen LogP) is 4.07. The molecule has 0 spiro atoms. The quantitative estimate of drug-likeness (QED) is 0.670. The highest BCUT2D eigenvalue weighted by atomic mass is 32.2. The summed E-state index contributed by atoms with van der Waals surface area (Å²) >= 11 is 1.45. The van der Waals surface area contributed by atoms with Crippen LogP contribution in [0.4, 0.5) is 4.79 Å². The van der Waals surface area contributed by atoms with Gasteiger partial charge in [-0.2, -0.15) is 0 Å². The maximum Gasteiger partial charge on any atom is 0.407 e. The number of carboxylic acids is 1. The average molecular weight is 481 g/mol. The SMILES string of the molecule is O=C(N[C@H]1CCCC[C@H]1C(=O)N1CSC[C@H]1C(=O)O)OCC1c2ccccc2-c2ccccc21. The summed E-state index contributed by atoms with van der Waals surface area (Å²) in [6.45, 7) is 0.217. The highest BCUT2D eigenvalue weighted by Gasteiger charge is 2.41. The van der Waals surface area contributed by atoms with Gasteiger partial charge in [0.15, 0.2) is 0 Å². The lowest BCUT2D eigenvalue weighted by Gasteiger charge is -2.34. The van der Waals surface area contributed by atoms with E-state index in [-0.39, 0.29) is 24.5 Å². The van der Waals surface area contributed by atoms with Crippen LogP contribution < -0.4 is 5.32 Å². The van der Waals surface area contributed by atoms with Gasteiger partial charge in [-0.1, -0.05) is 61.4 Å². The van der Waals surface area contributed by atoms with Crippen molar-refractivity contribution < 1.29 is 24.2 Å². The van der Waals surface area contributed by atoms with Crippen LogP contribution in [0, 0.1) is 5.92 Å². The molecule has 0 bridgehead atoms. The summed E-state index contributed by atoms with van der Waals surface area (Å²) in [5.74, 6) is -0.826. The Morgan fingerprint density at radius 2 is 1.65 bits per heavy atom. The highest BCUT2D eigenvalue weighted by molar-refractivity contribution is 7.99. The topological polar surface area (TPSA) is 95.9 Å². The van der Waals surface area contributed by atoms with E-state index in [0.29, 0.717) is 24.5 Å². The number of alkyl carbamates (subject to hydrolysis) is 1. The number of hydrogen-bond acceptors (Lipinski definition) is 5. The maximum atomic E-state index is 13.2. The zero-order chi connectivity index (χ0) is 23.7. The Hall–Kier alpha value is -3.00. The zero-order valence-electron chi connectivity index (χ0n) is 18.8. The van der Waals surface area contributed by atoms with Crippen molar-refractivity contribution in [1.29, 1.82) is 0 Å². The van der Waals surface area contributed by atoms with Crippen molar-refractivity contribution in [2.75, 3.05) is 18.2 Å². The molecule has 1 aliphatic heterocycles. The fourth-order valence-corrected chi connectivity index (χ4v) is 6.62. The van der Waals surface area contributed by atoms with E-state index in [1.54, 1.807) is 0 Å². The molecule has 2 N–H and O–H groups in total. The van der Waals surface area contributed by atoms with Crippen LogP contribution in [-0.2, 0) is 14.3 Å². The summed E-state index contributed by atoms with van der Waals surface area (Å²) in [5.41, 5.74) is 4.63. The first-order chi connectivity index (χ1) is 16.5. The highest BCUT2D eigenvalue weighted by Crippen LogP contribution is 2.44. The van der Waals surface area contributed by atoms with E-state index in [4.69, 9.17) is 4.74 Å². The van der Waals surface area contributed by atoms with Gasteiger partial charge in [-0.3, -0.25) is 4.79 Å². The van der Waals surface area contributed by atoms with E-state index in [1.807, 2.05) is 24.3 Å². The minimum Gasteiger partial charge on any atom is -0.480 e. The largest absolute Gasteiger partial charge is 0.480 e. The van der Waals surface area contributed by atoms with Gasteiger partial charge >= 0.3 is 12.1 Å². The molecule has 2 aromatic carbocycles. The monoisotopic (exact) mass is 480 g/mol. The number of carbonyl (C=O) groups excluding carboxylic acids is 2. The minimum absolute atomic E-state index is 0.0279. The first-order valence-electron chi connectivity index (χ1n) is 11.8. The van der Waals surface area contributed by atoms with Crippen LogP contribution in [0.3, 0.4) is 0 Å². The molecular formula is C26H28N2O5S. The van der Waals surface area contributed by atoms with Gasteiger partial charge in [0, 0.05) is 17.7 Å². The average Bonchev–Trinajstić information content (AvgIpc) is 3.46. The molecule has 178 valence electrons. The van der Waals surface area contributed by atoms with Gasteiger partial charge < -0.3 is 20.1 Å². The van der Waals surface area contributed by atoms with Crippen molar-refractivity contribution in [2.45, 2.75) is 43.7 Å². The van der Waals surface area contributed by atoms with Crippen molar-refractivity contribution in [3.63, 3.8) is 0 Å². The van der Waals surface area contributed by atoms with Crippen LogP contribution in [-0.4, -0.2) is 58.3 Å². The summed E-state index contributed by atoms with van der Waals surface area (Å²) in [6.07, 6.45) is 2.59. The van der Waals surface area contributed by atoms with E-state index >= 15 is 0 Å². The normalized spacial score (nSPS) is 23.8. The second-order valence-electron chi connectivity index (χ2n) is 9.13. The summed E-state index contributed by atoms with van der Waals surface area (Å²) in [5, 5.41) is 12.4. The number of rotatable bonds is 5. The number of thioether (sulfide) groups is 1. The lowest BCUT2D eigenvalue weighted by molar-refractivity contribution is -0.150. The number of nitrogens with zero attached hydrogens (tertiary/aromatic N) is 1. The van der Waals surface area contributed by atoms with Crippen LogP contribution in [0.1, 0.15) is 42.7 Å². The van der Waals surface area contributed by atoms with Gasteiger partial charge in [0.2, 0.25) is 5.91 Å². The number of carbonyl (C=O) groups is 3. The van der Waals surface area contributed by atoms with E-state index in [9.17, 15) is 19.5 Å². The first-order valence-corrected chi connectivity index (χ1v) is 12.9. The van der Waals surface area contributed by atoms with Crippen LogP contribution in [0.2, 0.25) is 0 Å². The molecule has 0 radical (unpaired) electrons. The minimum atomic E-state index is -0.977. The van der Waals surface area contributed by atoms with Crippen molar-refractivity contribution in [3.8, 4) is 11.1 Å². The predicted molar refractivity (Wildman–Crippen MR) is 130 cm³/mol. The number of ether oxygens (including phenoxy) is 1. The third kappa shape index (κ3) is 4.27. The molecule has 2 aliphatic carbocycles. The third-order valence-electron chi connectivity index (χ3n) is 7.18. The molecule has 2 fully saturated rings. The van der Waals surface area contributed by atoms with E-state index in [0.717, 1.165) is 24.0 Å². The van der Waals surface area contributed by atoms with Gasteiger partial charge in [-0.25, -0.2) is 9.59 Å². The van der Waals surface area contributed by atoms with Gasteiger partial charge in [-0.15, -0.1) is 11.8 Å². The van der Waals surface area contributed by atoms with Gasteiger partial charge in [-0.05, 0) is 35.1 Å². The number of nitrogens with one attached hydrogen (secondary N) is 1. The number of benzene rings is 2. The Morgan fingerprint density at radius 1 is 1.00 bits per heavy atom. The second kappa shape index (κ2) is 9.70. The van der Waals surface area contributed by atoms with Gasteiger partial charge in [0.1, 0.15) is 12.6 Å². The second-order valence-corrected chi connectivity index (χ2v) is 10.1. The number of amides is 2. The molecule has 7 nitrogen and oxygen atoms in total. The molecule has 1 heterocycles. The van der Waals surface area contributed by atoms with Crippen LogP contribution in [0.25, 0.3) is 11.1 Å². The van der Waals surface area contributed by atoms with Crippen LogP contribution in [0.5, 0.6) is 0 Å². The summed E-state index contributed by atoms with van der Waals surface area (Å²) in [7, 11) is 0. The van der Waals surface area contributed by atoms with Crippen molar-refractivity contribution in [2.24, 2.45) is 5.92 Å². The first kappa shape index (κ1) is 22.8. The molecule has 1 saturated carbocycles. The fourth-order valence-electron chi connectivity index (χ4n) is 5.47. The Kier molecular flexibility index (Phi) is 6.50. The lowest BCUT2D eigenvalue weighted by Crippen LogP contribution is -2.52. The number of aliphatic carboxylic acids is 1. The summed E-state index contributed by atoms with van der Waals surface area (Å²) in [6, 6.07) is 15.2. The van der Waals surface area contributed by atoms with E-state index in [2.05, 4.69) is 29.6 Å². The van der Waals surface area contributed by atoms with Crippen molar-refractivity contribution in [3.05, 3.63) is 59.7 Å². The molecule has 0 aromatic heterocycles. The molecular weight excluding hydrogens is 452 g/mol. The summed E-state index contributed by atoms with van der Waals surface area (Å²) < 4.78 is 5.68. The maximum absolute atomic E-state index is 13.2. The van der Waals surface area contributed by atoms with Gasteiger partial charge in [0.05, 0.1) is 11.8 Å². The van der Waals surface area contributed by atoms with E-state index in [1.165, 1.54) is 27.8 Å². The van der Waals surface area contributed by atoms with Crippen LogP contribution >= 0.6 is 11.8 Å². The summed E-state index contributed by atoms with van der Waals surface area (Å²) in [4.78, 5) is 39.0. The zero-order valence-corrected chi connectivity index (χ0v) is 19.6. The van der Waals surface area contributed by atoms with Crippen LogP contribution in [0.15, 0.2) is 48.5 Å². The van der Waals surface area contributed by atoms with Gasteiger partial charge in [0.25, 0.3) is 0 Å². The number of carboxylic acid groups (broad SMARTS) is 1. The molecule has 8 heteroatoms. The molecule has 3 atom stereocenters. The Bertz CT molecular complexity index is 1060. The Balaban J connectivity index is 1.24. The molecule has 2 aromatic rings. The molecule has 5 rings (SSSR count). The third-order valence-corrected chi connectivity index (χ3v) is 8.19. The molecule has 34 heavy (non-hydrogen) atoms. The fraction of sp³-hybridized carbons (Fsp3) is 0.423. The van der Waals surface area contributed by atoms with E-state index < -0.39 is 24.0 Å². The molecule has 3 aliphatic rings. The standard InChI is InChI=1S/C26H28N2O5S/c29-24(28-15-34-14-23(28)25(30)31)20-11-5-6-12-22(20)27-26(32)33-13-21-18-9-3-1-7-16(18)17-8-2-4-10-19(17)21/h1-4,7-10,20-23H,5-6,11-15H2,(H,27,32)(H,30,31)/t20-,22+,23+/m1/s1. The number of hydrogen-bond donors (Lipinski definition) is 2. The molecule has 0 unspecified atom stereocenters.